The van der Waals surface area contributed by atoms with Crippen molar-refractivity contribution in [2.24, 2.45) is 0 Å². The lowest BCUT2D eigenvalue weighted by Gasteiger charge is -2.09. The maximum atomic E-state index is 12.6. The van der Waals surface area contributed by atoms with Gasteiger partial charge in [-0.2, -0.15) is 0 Å². The first-order chi connectivity index (χ1) is 14.5. The second kappa shape index (κ2) is 10.1. The summed E-state index contributed by atoms with van der Waals surface area (Å²) in [6.45, 7) is 7.03. The van der Waals surface area contributed by atoms with E-state index in [4.69, 9.17) is 9.47 Å². The van der Waals surface area contributed by atoms with Gasteiger partial charge in [0.15, 0.2) is 5.16 Å². The Balaban J connectivity index is 1.74. The number of hydrogen-bond donors (Lipinski definition) is 1. The van der Waals surface area contributed by atoms with Gasteiger partial charge in [0.05, 0.1) is 35.6 Å². The van der Waals surface area contributed by atoms with Gasteiger partial charge in [-0.15, -0.1) is 11.3 Å². The van der Waals surface area contributed by atoms with Crippen LogP contribution < -0.4 is 5.32 Å². The van der Waals surface area contributed by atoms with E-state index in [0.717, 1.165) is 26.6 Å². The van der Waals surface area contributed by atoms with Crippen LogP contribution in [0.2, 0.25) is 0 Å². The fraction of sp³-hybridized carbons (Fsp3) is 0.381. The van der Waals surface area contributed by atoms with Crippen LogP contribution in [-0.2, 0) is 20.8 Å². The van der Waals surface area contributed by atoms with Crippen LogP contribution in [-0.4, -0.2) is 47.5 Å². The Kier molecular flexibility index (Phi) is 7.52. The van der Waals surface area contributed by atoms with Gasteiger partial charge < -0.3 is 19.4 Å². The number of imidazole rings is 1. The van der Waals surface area contributed by atoms with Crippen LogP contribution in [0.1, 0.15) is 27.7 Å². The van der Waals surface area contributed by atoms with E-state index in [1.807, 2.05) is 38.1 Å². The SMILES string of the molecule is CCOC(=O)c1c(NC(=O)CSc2nc3ccccc3n2CCOC)sc(C)c1C. The summed E-state index contributed by atoms with van der Waals surface area (Å²) in [4.78, 5) is 30.6. The van der Waals surface area contributed by atoms with E-state index in [1.54, 1.807) is 14.0 Å². The highest BCUT2D eigenvalue weighted by Crippen LogP contribution is 2.33. The Hall–Kier alpha value is -2.36. The van der Waals surface area contributed by atoms with E-state index in [0.29, 0.717) is 23.7 Å². The van der Waals surface area contributed by atoms with Gasteiger partial charge in [-0.25, -0.2) is 9.78 Å². The van der Waals surface area contributed by atoms with Crippen molar-refractivity contribution in [2.75, 3.05) is 31.4 Å². The van der Waals surface area contributed by atoms with Gasteiger partial charge in [-0.1, -0.05) is 23.9 Å². The molecule has 0 saturated heterocycles. The average Bonchev–Trinajstić information content (AvgIpc) is 3.21. The third-order valence-corrected chi connectivity index (χ3v) is 6.69. The summed E-state index contributed by atoms with van der Waals surface area (Å²) >= 11 is 2.74. The summed E-state index contributed by atoms with van der Waals surface area (Å²) in [5.41, 5.74) is 3.16. The first-order valence-electron chi connectivity index (χ1n) is 9.60. The van der Waals surface area contributed by atoms with Crippen molar-refractivity contribution in [3.8, 4) is 0 Å². The molecule has 0 aliphatic heterocycles. The molecule has 160 valence electrons. The summed E-state index contributed by atoms with van der Waals surface area (Å²) in [5, 5.41) is 4.16. The molecule has 7 nitrogen and oxygen atoms in total. The molecule has 0 saturated carbocycles. The number of aryl methyl sites for hydroxylation is 1. The molecule has 9 heteroatoms. The summed E-state index contributed by atoms with van der Waals surface area (Å²) in [7, 11) is 1.66. The highest BCUT2D eigenvalue weighted by Gasteiger charge is 2.22. The van der Waals surface area contributed by atoms with Crippen molar-refractivity contribution < 1.29 is 19.1 Å². The molecule has 0 fully saturated rings. The van der Waals surface area contributed by atoms with Crippen molar-refractivity contribution >= 4 is 51.0 Å². The van der Waals surface area contributed by atoms with Crippen LogP contribution in [0.3, 0.4) is 0 Å². The number of thiophene rings is 1. The van der Waals surface area contributed by atoms with E-state index < -0.39 is 5.97 Å². The highest BCUT2D eigenvalue weighted by molar-refractivity contribution is 7.99. The number of ether oxygens (including phenoxy) is 2. The molecule has 1 N–H and O–H groups in total. The number of rotatable bonds is 9. The minimum absolute atomic E-state index is 0.175. The van der Waals surface area contributed by atoms with Crippen molar-refractivity contribution in [3.05, 3.63) is 40.3 Å². The minimum Gasteiger partial charge on any atom is -0.462 e. The number of amides is 1. The van der Waals surface area contributed by atoms with E-state index >= 15 is 0 Å². The quantitative estimate of drug-likeness (QED) is 0.390. The molecule has 2 aromatic heterocycles. The number of fused-ring (bicyclic) bond motifs is 1. The maximum absolute atomic E-state index is 12.6. The average molecular weight is 448 g/mol. The van der Waals surface area contributed by atoms with Gasteiger partial charge in [-0.05, 0) is 38.5 Å². The molecule has 0 radical (unpaired) electrons. The normalized spacial score (nSPS) is 11.1. The zero-order valence-electron chi connectivity index (χ0n) is 17.5. The number of benzene rings is 1. The standard InChI is InChI=1S/C21H25N3O4S2/c1-5-28-20(26)18-13(2)14(3)30-19(18)23-17(25)12-29-21-22-15-8-6-7-9-16(15)24(21)10-11-27-4/h6-9H,5,10-12H2,1-4H3,(H,23,25). The zero-order chi connectivity index (χ0) is 21.7. The fourth-order valence-corrected chi connectivity index (χ4v) is 4.92. The summed E-state index contributed by atoms with van der Waals surface area (Å²) < 4.78 is 12.4. The number of anilines is 1. The number of thioether (sulfide) groups is 1. The molecule has 0 atom stereocenters. The second-order valence-electron chi connectivity index (χ2n) is 6.57. The molecule has 0 bridgehead atoms. The number of nitrogens with zero attached hydrogens (tertiary/aromatic N) is 2. The third kappa shape index (κ3) is 4.85. The van der Waals surface area contributed by atoms with Gasteiger partial charge in [0, 0.05) is 18.5 Å². The number of nitrogens with one attached hydrogen (secondary N) is 1. The first-order valence-corrected chi connectivity index (χ1v) is 11.4. The molecular formula is C21H25N3O4S2. The van der Waals surface area contributed by atoms with Gasteiger partial charge in [0.1, 0.15) is 5.00 Å². The number of carbonyl (C=O) groups excluding carboxylic acids is 2. The van der Waals surface area contributed by atoms with Crippen LogP contribution in [0.5, 0.6) is 0 Å². The van der Waals surface area contributed by atoms with Gasteiger partial charge in [0.25, 0.3) is 0 Å². The van der Waals surface area contributed by atoms with Crippen molar-refractivity contribution in [1.82, 2.24) is 9.55 Å². The van der Waals surface area contributed by atoms with E-state index in [9.17, 15) is 9.59 Å². The smallest absolute Gasteiger partial charge is 0.341 e. The number of esters is 1. The molecule has 0 aliphatic rings. The lowest BCUT2D eigenvalue weighted by molar-refractivity contribution is -0.113. The third-order valence-electron chi connectivity index (χ3n) is 4.59. The predicted octanol–water partition coefficient (Wildman–Crippen LogP) is 4.27. The van der Waals surface area contributed by atoms with Crippen molar-refractivity contribution in [2.45, 2.75) is 32.5 Å². The van der Waals surface area contributed by atoms with Crippen molar-refractivity contribution in [3.63, 3.8) is 0 Å². The van der Waals surface area contributed by atoms with Gasteiger partial charge >= 0.3 is 5.97 Å². The fourth-order valence-electron chi connectivity index (χ4n) is 3.02. The number of hydrogen-bond acceptors (Lipinski definition) is 7. The molecule has 0 unspecified atom stereocenters. The number of para-hydroxylation sites is 2. The van der Waals surface area contributed by atoms with E-state index in [2.05, 4.69) is 14.9 Å². The van der Waals surface area contributed by atoms with Gasteiger partial charge in [0.2, 0.25) is 5.91 Å². The lowest BCUT2D eigenvalue weighted by atomic mass is 10.1. The Morgan fingerprint density at radius 1 is 1.27 bits per heavy atom. The number of carbonyl (C=O) groups is 2. The Morgan fingerprint density at radius 3 is 2.77 bits per heavy atom. The van der Waals surface area contributed by atoms with E-state index in [1.165, 1.54) is 23.1 Å². The monoisotopic (exact) mass is 447 g/mol. The van der Waals surface area contributed by atoms with Gasteiger partial charge in [-0.3, -0.25) is 4.79 Å². The Labute approximate surface area is 183 Å². The Bertz CT molecular complexity index is 1060. The van der Waals surface area contributed by atoms with Crippen LogP contribution in [0.4, 0.5) is 5.00 Å². The zero-order valence-corrected chi connectivity index (χ0v) is 19.1. The van der Waals surface area contributed by atoms with Crippen LogP contribution in [0, 0.1) is 13.8 Å². The van der Waals surface area contributed by atoms with Crippen molar-refractivity contribution in [1.29, 1.82) is 0 Å². The molecule has 1 amide bonds. The summed E-state index contributed by atoms with van der Waals surface area (Å²) in [5.74, 6) is -0.435. The number of aromatic nitrogens is 2. The summed E-state index contributed by atoms with van der Waals surface area (Å²) in [6, 6.07) is 7.86. The summed E-state index contributed by atoms with van der Waals surface area (Å²) in [6.07, 6.45) is 0. The predicted molar refractivity (Wildman–Crippen MR) is 121 cm³/mol. The maximum Gasteiger partial charge on any atom is 0.341 e. The minimum atomic E-state index is -0.413. The van der Waals surface area contributed by atoms with E-state index in [-0.39, 0.29) is 18.3 Å². The molecule has 1 aromatic carbocycles. The lowest BCUT2D eigenvalue weighted by Crippen LogP contribution is -2.17. The van der Waals surface area contributed by atoms with Crippen LogP contribution in [0.15, 0.2) is 29.4 Å². The first kappa shape index (κ1) is 22.3. The molecule has 0 aliphatic carbocycles. The van der Waals surface area contributed by atoms with Crippen LogP contribution in [0.25, 0.3) is 11.0 Å². The largest absolute Gasteiger partial charge is 0.462 e. The van der Waals surface area contributed by atoms with Crippen LogP contribution >= 0.6 is 23.1 Å². The Morgan fingerprint density at radius 2 is 2.03 bits per heavy atom. The highest BCUT2D eigenvalue weighted by atomic mass is 32.2. The molecule has 3 aromatic rings. The molecule has 0 spiro atoms. The molecule has 2 heterocycles. The second-order valence-corrected chi connectivity index (χ2v) is 8.74. The molecular weight excluding hydrogens is 422 g/mol. The topological polar surface area (TPSA) is 82.5 Å². The molecule has 3 rings (SSSR count). The number of methoxy groups -OCH3 is 1. The molecule has 30 heavy (non-hydrogen) atoms.